The van der Waals surface area contributed by atoms with E-state index in [4.69, 9.17) is 27.4 Å². The highest BCUT2D eigenvalue weighted by Gasteiger charge is 2.09. The smallest absolute Gasteiger partial charge is 0.168 e. The number of anilines is 1. The summed E-state index contributed by atoms with van der Waals surface area (Å²) in [5, 5.41) is 2.98. The van der Waals surface area contributed by atoms with E-state index in [1.54, 1.807) is 26.4 Å². The molecule has 0 fully saturated rings. The second-order valence-corrected chi connectivity index (χ2v) is 2.97. The lowest BCUT2D eigenvalue weighted by Gasteiger charge is -2.13. The molecule has 0 saturated heterocycles. The van der Waals surface area contributed by atoms with Crippen LogP contribution in [0.4, 0.5) is 5.69 Å². The molecule has 0 amide bonds. The van der Waals surface area contributed by atoms with E-state index in [1.165, 1.54) is 0 Å². The minimum absolute atomic E-state index is 0.174. The van der Waals surface area contributed by atoms with Crippen LogP contribution in [-0.4, -0.2) is 19.3 Å². The van der Waals surface area contributed by atoms with Gasteiger partial charge < -0.3 is 20.5 Å². The first-order valence-electron chi connectivity index (χ1n) is 3.96. The predicted molar refractivity (Wildman–Crippen MR) is 60.0 cm³/mol. The fraction of sp³-hybridized carbons (Fsp3) is 0.222. The lowest BCUT2D eigenvalue weighted by atomic mass is 10.2. The van der Waals surface area contributed by atoms with Crippen LogP contribution in [0.2, 0.25) is 0 Å². The highest BCUT2D eigenvalue weighted by molar-refractivity contribution is 7.80. The molecule has 1 rings (SSSR count). The summed E-state index contributed by atoms with van der Waals surface area (Å²) >= 11 is 4.75. The van der Waals surface area contributed by atoms with Crippen LogP contribution in [-0.2, 0) is 0 Å². The number of methoxy groups -OCH3 is 2. The van der Waals surface area contributed by atoms with Crippen molar-refractivity contribution in [2.45, 2.75) is 0 Å². The van der Waals surface area contributed by atoms with Crippen molar-refractivity contribution in [1.29, 1.82) is 0 Å². The third-order valence-corrected chi connectivity index (χ3v) is 1.78. The van der Waals surface area contributed by atoms with Gasteiger partial charge in [0.1, 0.15) is 17.2 Å². The van der Waals surface area contributed by atoms with Crippen LogP contribution in [0, 0.1) is 0 Å². The molecule has 14 heavy (non-hydrogen) atoms. The molecule has 4 nitrogen and oxygen atoms in total. The number of thiocarbonyl (C=S) groups is 1. The second kappa shape index (κ2) is 4.66. The molecule has 1 aromatic rings. The van der Waals surface area contributed by atoms with Gasteiger partial charge in [-0.2, -0.15) is 0 Å². The molecular formula is C9H12N2O2S. The van der Waals surface area contributed by atoms with Gasteiger partial charge in [0.2, 0.25) is 0 Å². The van der Waals surface area contributed by atoms with E-state index >= 15 is 0 Å². The van der Waals surface area contributed by atoms with Gasteiger partial charge in [-0.15, -0.1) is 0 Å². The average Bonchev–Trinajstić information content (AvgIpc) is 2.17. The van der Waals surface area contributed by atoms with Crippen molar-refractivity contribution in [3.8, 4) is 11.5 Å². The van der Waals surface area contributed by atoms with E-state index in [1.807, 2.05) is 6.07 Å². The molecule has 5 heteroatoms. The van der Waals surface area contributed by atoms with Crippen molar-refractivity contribution in [2.75, 3.05) is 19.5 Å². The molecule has 0 aromatic heterocycles. The quantitative estimate of drug-likeness (QED) is 0.741. The minimum atomic E-state index is 0.174. The number of rotatable bonds is 3. The van der Waals surface area contributed by atoms with Gasteiger partial charge in [0, 0.05) is 0 Å². The molecule has 0 atom stereocenters. The van der Waals surface area contributed by atoms with Crippen LogP contribution in [0.3, 0.4) is 0 Å². The van der Waals surface area contributed by atoms with E-state index in [9.17, 15) is 0 Å². The number of hydrogen-bond donors (Lipinski definition) is 2. The Labute approximate surface area is 88.0 Å². The van der Waals surface area contributed by atoms with Crippen LogP contribution >= 0.6 is 12.2 Å². The Morgan fingerprint density at radius 1 is 1.29 bits per heavy atom. The number of ether oxygens (including phenoxy) is 2. The lowest BCUT2D eigenvalue weighted by molar-refractivity contribution is 0.398. The molecule has 0 radical (unpaired) electrons. The topological polar surface area (TPSA) is 56.5 Å². The molecule has 0 bridgehead atoms. The van der Waals surface area contributed by atoms with Crippen LogP contribution < -0.4 is 20.5 Å². The van der Waals surface area contributed by atoms with Crippen LogP contribution in [0.5, 0.6) is 11.5 Å². The van der Waals surface area contributed by atoms with Crippen molar-refractivity contribution in [3.63, 3.8) is 0 Å². The highest BCUT2D eigenvalue weighted by Crippen LogP contribution is 2.33. The maximum Gasteiger partial charge on any atom is 0.168 e. The standard InChI is InChI=1S/C9H12N2O2S/c1-12-6-4-3-5-7(13-2)8(6)11-9(10)14/h3-5H,1-2H3,(H3,10,11,14). The average molecular weight is 212 g/mol. The fourth-order valence-corrected chi connectivity index (χ4v) is 1.20. The molecule has 0 aliphatic carbocycles. The Kier molecular flexibility index (Phi) is 3.53. The fourth-order valence-electron chi connectivity index (χ4n) is 1.10. The summed E-state index contributed by atoms with van der Waals surface area (Å²) in [6, 6.07) is 5.41. The Bertz CT molecular complexity index is 319. The lowest BCUT2D eigenvalue weighted by Crippen LogP contribution is -2.19. The Balaban J connectivity index is 3.12. The number of para-hydroxylation sites is 1. The summed E-state index contributed by atoms with van der Waals surface area (Å²) < 4.78 is 10.3. The summed E-state index contributed by atoms with van der Waals surface area (Å²) in [5.74, 6) is 1.27. The Morgan fingerprint density at radius 3 is 2.14 bits per heavy atom. The monoisotopic (exact) mass is 212 g/mol. The first-order valence-corrected chi connectivity index (χ1v) is 4.37. The third-order valence-electron chi connectivity index (χ3n) is 1.68. The van der Waals surface area contributed by atoms with Gasteiger partial charge in [0.25, 0.3) is 0 Å². The van der Waals surface area contributed by atoms with Crippen LogP contribution in [0.15, 0.2) is 18.2 Å². The molecular weight excluding hydrogens is 200 g/mol. The van der Waals surface area contributed by atoms with Crippen LogP contribution in [0.25, 0.3) is 0 Å². The molecule has 0 unspecified atom stereocenters. The zero-order chi connectivity index (χ0) is 10.6. The third kappa shape index (κ3) is 2.26. The normalized spacial score (nSPS) is 9.29. The first-order chi connectivity index (χ1) is 6.69. The summed E-state index contributed by atoms with van der Waals surface area (Å²) in [6.07, 6.45) is 0. The van der Waals surface area contributed by atoms with Gasteiger partial charge in [0.15, 0.2) is 5.11 Å². The van der Waals surface area contributed by atoms with Crippen molar-refractivity contribution in [2.24, 2.45) is 5.73 Å². The highest BCUT2D eigenvalue weighted by atomic mass is 32.1. The zero-order valence-electron chi connectivity index (χ0n) is 8.03. The number of nitrogens with two attached hydrogens (primary N) is 1. The van der Waals surface area contributed by atoms with Crippen molar-refractivity contribution >= 4 is 23.0 Å². The van der Waals surface area contributed by atoms with E-state index in [-0.39, 0.29) is 5.11 Å². The largest absolute Gasteiger partial charge is 0.494 e. The molecule has 0 heterocycles. The van der Waals surface area contributed by atoms with Gasteiger partial charge in [-0.1, -0.05) is 6.07 Å². The Hall–Kier alpha value is -1.49. The molecule has 76 valence electrons. The van der Waals surface area contributed by atoms with Crippen molar-refractivity contribution in [1.82, 2.24) is 0 Å². The molecule has 0 aliphatic rings. The summed E-state index contributed by atoms with van der Waals surface area (Å²) in [7, 11) is 3.14. The van der Waals surface area contributed by atoms with E-state index < -0.39 is 0 Å². The molecule has 1 aromatic carbocycles. The molecule has 0 spiro atoms. The van der Waals surface area contributed by atoms with Gasteiger partial charge in [-0.25, -0.2) is 0 Å². The minimum Gasteiger partial charge on any atom is -0.494 e. The van der Waals surface area contributed by atoms with Gasteiger partial charge in [0.05, 0.1) is 14.2 Å². The van der Waals surface area contributed by atoms with Crippen molar-refractivity contribution in [3.05, 3.63) is 18.2 Å². The first kappa shape index (κ1) is 10.6. The maximum absolute atomic E-state index is 5.38. The molecule has 3 N–H and O–H groups in total. The number of benzene rings is 1. The van der Waals surface area contributed by atoms with Gasteiger partial charge in [-0.05, 0) is 24.4 Å². The summed E-state index contributed by atoms with van der Waals surface area (Å²) in [5.41, 5.74) is 6.02. The number of nitrogens with one attached hydrogen (secondary N) is 1. The summed E-state index contributed by atoms with van der Waals surface area (Å²) in [6.45, 7) is 0. The predicted octanol–water partition coefficient (Wildman–Crippen LogP) is 1.36. The van der Waals surface area contributed by atoms with Gasteiger partial charge in [-0.3, -0.25) is 0 Å². The Morgan fingerprint density at radius 2 is 1.79 bits per heavy atom. The molecule has 0 saturated carbocycles. The zero-order valence-corrected chi connectivity index (χ0v) is 8.85. The maximum atomic E-state index is 5.38. The van der Waals surface area contributed by atoms with Crippen molar-refractivity contribution < 1.29 is 9.47 Å². The van der Waals surface area contributed by atoms with E-state index in [2.05, 4.69) is 5.32 Å². The summed E-state index contributed by atoms with van der Waals surface area (Å²) in [4.78, 5) is 0. The number of hydrogen-bond acceptors (Lipinski definition) is 3. The second-order valence-electron chi connectivity index (χ2n) is 2.53. The molecule has 0 aliphatic heterocycles. The van der Waals surface area contributed by atoms with Gasteiger partial charge >= 0.3 is 0 Å². The van der Waals surface area contributed by atoms with Crippen LogP contribution in [0.1, 0.15) is 0 Å². The van der Waals surface area contributed by atoms with E-state index in [0.29, 0.717) is 17.2 Å². The SMILES string of the molecule is COc1cccc(OC)c1NC(N)=S. The van der Waals surface area contributed by atoms with E-state index in [0.717, 1.165) is 0 Å².